The third-order valence-electron chi connectivity index (χ3n) is 2.00. The minimum atomic E-state index is -0.917. The van der Waals surface area contributed by atoms with Crippen molar-refractivity contribution >= 4 is 5.71 Å². The highest BCUT2D eigenvalue weighted by atomic mass is 19.1. The second kappa shape index (κ2) is 6.24. The van der Waals surface area contributed by atoms with Gasteiger partial charge in [-0.05, 0) is 5.56 Å². The van der Waals surface area contributed by atoms with Crippen LogP contribution in [0.2, 0.25) is 0 Å². The second-order valence-corrected chi connectivity index (χ2v) is 3.07. The molecule has 0 spiro atoms. The van der Waals surface area contributed by atoms with E-state index >= 15 is 0 Å². The molecule has 4 heteroatoms. The largest absolute Gasteiger partial charge is 0.394 e. The van der Waals surface area contributed by atoms with Gasteiger partial charge in [-0.15, -0.1) is 0 Å². The maximum absolute atomic E-state index is 12.2. The van der Waals surface area contributed by atoms with Gasteiger partial charge < -0.3 is 5.11 Å². The molecule has 1 aromatic carbocycles. The van der Waals surface area contributed by atoms with Crippen LogP contribution < -0.4 is 0 Å². The second-order valence-electron chi connectivity index (χ2n) is 3.07. The number of halogens is 2. The Morgan fingerprint density at radius 3 is 2.27 bits per heavy atom. The topological polar surface area (TPSA) is 32.6 Å². The van der Waals surface area contributed by atoms with Crippen molar-refractivity contribution in [2.75, 3.05) is 20.0 Å². The standard InChI is InChI=1S/C11H13F2NO/c12-6-10(7-13)14-11(8-15)9-4-2-1-3-5-9/h1-5,11,15H,6-8H2. The summed E-state index contributed by atoms with van der Waals surface area (Å²) >= 11 is 0. The van der Waals surface area contributed by atoms with Crippen molar-refractivity contribution in [1.82, 2.24) is 0 Å². The summed E-state index contributed by atoms with van der Waals surface area (Å²) in [5, 5.41) is 9.07. The van der Waals surface area contributed by atoms with E-state index < -0.39 is 19.4 Å². The number of benzene rings is 1. The van der Waals surface area contributed by atoms with Crippen LogP contribution in [0.3, 0.4) is 0 Å². The molecule has 0 fully saturated rings. The molecular weight excluding hydrogens is 200 g/mol. The summed E-state index contributed by atoms with van der Waals surface area (Å²) in [6.45, 7) is -2.09. The van der Waals surface area contributed by atoms with Crippen LogP contribution in [0.4, 0.5) is 8.78 Å². The summed E-state index contributed by atoms with van der Waals surface area (Å²) in [7, 11) is 0. The quantitative estimate of drug-likeness (QED) is 0.746. The molecule has 0 aliphatic carbocycles. The van der Waals surface area contributed by atoms with Crippen molar-refractivity contribution in [2.45, 2.75) is 6.04 Å². The number of nitrogens with zero attached hydrogens (tertiary/aromatic N) is 1. The fourth-order valence-corrected chi connectivity index (χ4v) is 1.22. The predicted molar refractivity (Wildman–Crippen MR) is 55.7 cm³/mol. The number of aliphatic hydroxyl groups excluding tert-OH is 1. The molecular formula is C11H13F2NO. The predicted octanol–water partition coefficient (Wildman–Crippen LogP) is 2.10. The van der Waals surface area contributed by atoms with E-state index in [0.717, 1.165) is 5.56 Å². The van der Waals surface area contributed by atoms with E-state index in [-0.39, 0.29) is 12.3 Å². The van der Waals surface area contributed by atoms with Gasteiger partial charge in [0.25, 0.3) is 0 Å². The Balaban J connectivity index is 2.85. The van der Waals surface area contributed by atoms with Crippen LogP contribution in [0.1, 0.15) is 11.6 Å². The molecule has 0 aromatic heterocycles. The first-order chi connectivity index (χ1) is 7.31. The van der Waals surface area contributed by atoms with E-state index in [1.807, 2.05) is 6.07 Å². The third-order valence-corrected chi connectivity index (χ3v) is 2.00. The highest BCUT2D eigenvalue weighted by molar-refractivity contribution is 5.86. The summed E-state index contributed by atoms with van der Waals surface area (Å²) in [4.78, 5) is 3.82. The lowest BCUT2D eigenvalue weighted by atomic mass is 10.1. The molecule has 15 heavy (non-hydrogen) atoms. The number of aliphatic imine (C=N–C) groups is 1. The van der Waals surface area contributed by atoms with Gasteiger partial charge in [-0.3, -0.25) is 4.99 Å². The fraction of sp³-hybridized carbons (Fsp3) is 0.364. The van der Waals surface area contributed by atoms with E-state index in [9.17, 15) is 8.78 Å². The van der Waals surface area contributed by atoms with Gasteiger partial charge in [0, 0.05) is 0 Å². The zero-order valence-electron chi connectivity index (χ0n) is 8.24. The number of rotatable bonds is 5. The van der Waals surface area contributed by atoms with Crippen LogP contribution in [0, 0.1) is 0 Å². The summed E-state index contributed by atoms with van der Waals surface area (Å²) in [5.74, 6) is 0. The first kappa shape index (κ1) is 11.8. The van der Waals surface area contributed by atoms with Gasteiger partial charge in [-0.1, -0.05) is 30.3 Å². The van der Waals surface area contributed by atoms with Gasteiger partial charge >= 0.3 is 0 Å². The summed E-state index contributed by atoms with van der Waals surface area (Å²) < 4.78 is 24.4. The molecule has 1 aromatic rings. The van der Waals surface area contributed by atoms with Crippen LogP contribution in [-0.2, 0) is 0 Å². The molecule has 0 radical (unpaired) electrons. The van der Waals surface area contributed by atoms with Crippen LogP contribution in [0.25, 0.3) is 0 Å². The molecule has 0 saturated heterocycles. The van der Waals surface area contributed by atoms with Gasteiger partial charge in [0.1, 0.15) is 13.3 Å². The zero-order chi connectivity index (χ0) is 11.1. The molecule has 1 rings (SSSR count). The lowest BCUT2D eigenvalue weighted by molar-refractivity contribution is 0.268. The maximum atomic E-state index is 12.2. The minimum Gasteiger partial charge on any atom is -0.394 e. The van der Waals surface area contributed by atoms with Crippen LogP contribution in [0.15, 0.2) is 35.3 Å². The van der Waals surface area contributed by atoms with Gasteiger partial charge in [-0.25, -0.2) is 8.78 Å². The highest BCUT2D eigenvalue weighted by Crippen LogP contribution is 2.16. The molecule has 0 amide bonds. The Kier molecular flexibility index (Phi) is 4.90. The van der Waals surface area contributed by atoms with Crippen molar-refractivity contribution in [3.63, 3.8) is 0 Å². The summed E-state index contributed by atoms with van der Waals surface area (Å²) in [6.07, 6.45) is 0. The van der Waals surface area contributed by atoms with Gasteiger partial charge in [0.2, 0.25) is 0 Å². The fourth-order valence-electron chi connectivity index (χ4n) is 1.22. The average Bonchev–Trinajstić information content (AvgIpc) is 2.32. The van der Waals surface area contributed by atoms with Crippen molar-refractivity contribution in [3.05, 3.63) is 35.9 Å². The Morgan fingerprint density at radius 2 is 1.80 bits per heavy atom. The Hall–Kier alpha value is -1.29. The highest BCUT2D eigenvalue weighted by Gasteiger charge is 2.09. The van der Waals surface area contributed by atoms with Crippen molar-refractivity contribution in [3.8, 4) is 0 Å². The number of aliphatic hydroxyl groups is 1. The smallest absolute Gasteiger partial charge is 0.130 e. The Labute approximate surface area is 87.3 Å². The first-order valence-electron chi connectivity index (χ1n) is 4.65. The number of alkyl halides is 2. The molecule has 0 bridgehead atoms. The molecule has 1 N–H and O–H groups in total. The maximum Gasteiger partial charge on any atom is 0.130 e. The molecule has 0 saturated carbocycles. The summed E-state index contributed by atoms with van der Waals surface area (Å²) in [5.41, 5.74) is 0.581. The van der Waals surface area contributed by atoms with Crippen molar-refractivity contribution < 1.29 is 13.9 Å². The lowest BCUT2D eigenvalue weighted by Crippen LogP contribution is -2.09. The molecule has 2 nitrogen and oxygen atoms in total. The van der Waals surface area contributed by atoms with Crippen molar-refractivity contribution in [1.29, 1.82) is 0 Å². The van der Waals surface area contributed by atoms with Gasteiger partial charge in [0.15, 0.2) is 0 Å². The molecule has 1 unspecified atom stereocenters. The molecule has 0 heterocycles. The van der Waals surface area contributed by atoms with Gasteiger partial charge in [0.05, 0.1) is 18.4 Å². The van der Waals surface area contributed by atoms with E-state index in [2.05, 4.69) is 4.99 Å². The van der Waals surface area contributed by atoms with E-state index in [1.165, 1.54) is 0 Å². The van der Waals surface area contributed by atoms with Crippen LogP contribution in [0.5, 0.6) is 0 Å². The lowest BCUT2D eigenvalue weighted by Gasteiger charge is -2.10. The zero-order valence-corrected chi connectivity index (χ0v) is 8.24. The number of hydrogen-bond donors (Lipinski definition) is 1. The summed E-state index contributed by atoms with van der Waals surface area (Å²) in [6, 6.07) is 8.35. The minimum absolute atomic E-state index is 0.169. The molecule has 1 atom stereocenters. The van der Waals surface area contributed by atoms with E-state index in [1.54, 1.807) is 24.3 Å². The molecule has 82 valence electrons. The van der Waals surface area contributed by atoms with E-state index in [0.29, 0.717) is 0 Å². The monoisotopic (exact) mass is 213 g/mol. The molecule has 0 aliphatic heterocycles. The van der Waals surface area contributed by atoms with Gasteiger partial charge in [-0.2, -0.15) is 0 Å². The van der Waals surface area contributed by atoms with Crippen LogP contribution in [-0.4, -0.2) is 30.8 Å². The van der Waals surface area contributed by atoms with E-state index in [4.69, 9.17) is 5.11 Å². The third kappa shape index (κ3) is 3.40. The first-order valence-corrected chi connectivity index (χ1v) is 4.65. The Morgan fingerprint density at radius 1 is 1.20 bits per heavy atom. The molecule has 0 aliphatic rings. The number of hydrogen-bond acceptors (Lipinski definition) is 2. The Bertz CT molecular complexity index is 308. The van der Waals surface area contributed by atoms with Crippen molar-refractivity contribution in [2.24, 2.45) is 4.99 Å². The average molecular weight is 213 g/mol. The van der Waals surface area contributed by atoms with Crippen LogP contribution >= 0.6 is 0 Å². The SMILES string of the molecule is OCC(N=C(CF)CF)c1ccccc1. The normalized spacial score (nSPS) is 12.2.